The van der Waals surface area contributed by atoms with E-state index < -0.39 is 23.0 Å². The van der Waals surface area contributed by atoms with Crippen LogP contribution in [-0.2, 0) is 10.3 Å². The Hall–Kier alpha value is -3.34. The molecule has 4 rings (SSSR count). The molecule has 0 saturated carbocycles. The van der Waals surface area contributed by atoms with Gasteiger partial charge < -0.3 is 0 Å². The van der Waals surface area contributed by atoms with Gasteiger partial charge in [0.1, 0.15) is 0 Å². The Kier molecular flexibility index (Phi) is 3.70. The summed E-state index contributed by atoms with van der Waals surface area (Å²) in [5.41, 5.74) is 1.65. The maximum atomic E-state index is 13.6. The lowest BCUT2D eigenvalue weighted by atomic mass is 9.80. The first-order chi connectivity index (χ1) is 12.9. The molecule has 1 unspecified atom stereocenters. The fraction of sp³-hybridized carbons (Fsp3) is 0.182. The van der Waals surface area contributed by atoms with E-state index in [0.717, 1.165) is 16.1 Å². The van der Waals surface area contributed by atoms with Gasteiger partial charge in [0.25, 0.3) is 5.91 Å². The first kappa shape index (κ1) is 17.1. The highest BCUT2D eigenvalue weighted by Gasteiger charge is 2.61. The number of carbonyl (C=O) groups excluding carboxylic acids is 3. The second kappa shape index (κ2) is 5.84. The van der Waals surface area contributed by atoms with Crippen molar-refractivity contribution in [2.75, 3.05) is 0 Å². The van der Waals surface area contributed by atoms with Gasteiger partial charge in [-0.15, -0.1) is 0 Å². The highest BCUT2D eigenvalue weighted by atomic mass is 16.2. The highest BCUT2D eigenvalue weighted by molar-refractivity contribution is 6.34. The van der Waals surface area contributed by atoms with Crippen molar-refractivity contribution in [1.29, 1.82) is 0 Å². The Morgan fingerprint density at radius 3 is 2.48 bits per heavy atom. The average Bonchev–Trinajstić information content (AvgIpc) is 2.84. The third-order valence-electron chi connectivity index (χ3n) is 4.92. The number of ketones is 2. The number of hydrazone groups is 1. The van der Waals surface area contributed by atoms with Crippen LogP contribution in [0.2, 0.25) is 0 Å². The van der Waals surface area contributed by atoms with Crippen LogP contribution in [0, 0.1) is 6.92 Å². The summed E-state index contributed by atoms with van der Waals surface area (Å²) < 4.78 is 0. The van der Waals surface area contributed by atoms with Crippen molar-refractivity contribution < 1.29 is 14.4 Å². The summed E-state index contributed by atoms with van der Waals surface area (Å²) in [7, 11) is 0. The molecule has 0 radical (unpaired) electrons. The zero-order valence-electron chi connectivity index (χ0n) is 15.3. The molecule has 0 bridgehead atoms. The van der Waals surface area contributed by atoms with E-state index in [1.807, 2.05) is 13.0 Å². The van der Waals surface area contributed by atoms with Gasteiger partial charge in [-0.25, -0.2) is 5.01 Å². The number of Topliss-reactive ketones (excluding diaryl/α,β-unsaturated/α-hetero) is 2. The maximum Gasteiger partial charge on any atom is 0.268 e. The lowest BCUT2D eigenvalue weighted by Gasteiger charge is -2.38. The van der Waals surface area contributed by atoms with Gasteiger partial charge in [0, 0.05) is 28.3 Å². The molecule has 1 spiro atoms. The summed E-state index contributed by atoms with van der Waals surface area (Å²) in [5.74, 6) is -1.32. The largest absolute Gasteiger partial charge is 0.290 e. The molecule has 1 heterocycles. The molecule has 134 valence electrons. The first-order valence-electron chi connectivity index (χ1n) is 8.70. The summed E-state index contributed by atoms with van der Waals surface area (Å²) >= 11 is 0. The fourth-order valence-electron chi connectivity index (χ4n) is 3.76. The van der Waals surface area contributed by atoms with Gasteiger partial charge in [0.2, 0.25) is 17.1 Å². The van der Waals surface area contributed by atoms with E-state index in [0.29, 0.717) is 22.3 Å². The molecule has 2 aromatic carbocycles. The lowest BCUT2D eigenvalue weighted by molar-refractivity contribution is -0.130. The zero-order valence-corrected chi connectivity index (χ0v) is 15.3. The van der Waals surface area contributed by atoms with Crippen LogP contribution < -0.4 is 0 Å². The summed E-state index contributed by atoms with van der Waals surface area (Å²) in [5, 5.41) is 5.28. The third kappa shape index (κ3) is 2.24. The SMILES string of the molecule is CC(C)=CC(=O)N1N=Cc2ccccc2C12C(=O)c1ccc(C)cc1C2=O. The van der Waals surface area contributed by atoms with E-state index in [2.05, 4.69) is 5.10 Å². The number of allylic oxidation sites excluding steroid dienone is 1. The molecule has 0 fully saturated rings. The Morgan fingerprint density at radius 2 is 1.74 bits per heavy atom. The minimum Gasteiger partial charge on any atom is -0.290 e. The third-order valence-corrected chi connectivity index (χ3v) is 4.92. The number of rotatable bonds is 1. The molecule has 2 aliphatic rings. The number of aryl methyl sites for hydroxylation is 1. The number of hydrogen-bond donors (Lipinski definition) is 0. The van der Waals surface area contributed by atoms with E-state index in [4.69, 9.17) is 0 Å². The van der Waals surface area contributed by atoms with Crippen molar-refractivity contribution in [2.45, 2.75) is 26.3 Å². The minimum absolute atomic E-state index is 0.326. The van der Waals surface area contributed by atoms with Crippen molar-refractivity contribution in [3.05, 3.63) is 81.9 Å². The van der Waals surface area contributed by atoms with Crippen LogP contribution in [0.3, 0.4) is 0 Å². The number of amides is 1. The zero-order chi connectivity index (χ0) is 19.3. The van der Waals surface area contributed by atoms with Crippen LogP contribution in [0.25, 0.3) is 0 Å². The van der Waals surface area contributed by atoms with Crippen LogP contribution in [0.4, 0.5) is 0 Å². The van der Waals surface area contributed by atoms with Crippen LogP contribution >= 0.6 is 0 Å². The van der Waals surface area contributed by atoms with E-state index in [9.17, 15) is 14.4 Å². The van der Waals surface area contributed by atoms with E-state index >= 15 is 0 Å². The lowest BCUT2D eigenvalue weighted by Crippen LogP contribution is -2.55. The molecule has 2 aromatic rings. The molecule has 1 aliphatic heterocycles. The Bertz CT molecular complexity index is 1080. The molecule has 0 N–H and O–H groups in total. The Balaban J connectivity index is 2.03. The normalized spacial score (nSPS) is 19.9. The molecule has 27 heavy (non-hydrogen) atoms. The molecule has 1 atom stereocenters. The summed E-state index contributed by atoms with van der Waals surface area (Å²) in [4.78, 5) is 40.1. The second-order valence-electron chi connectivity index (χ2n) is 7.12. The maximum absolute atomic E-state index is 13.6. The van der Waals surface area contributed by atoms with Gasteiger partial charge in [-0.2, -0.15) is 5.10 Å². The number of benzene rings is 2. The van der Waals surface area contributed by atoms with Crippen LogP contribution in [0.15, 0.2) is 59.2 Å². The van der Waals surface area contributed by atoms with Gasteiger partial charge in [-0.05, 0) is 26.8 Å². The molecule has 1 aliphatic carbocycles. The molecule has 5 heteroatoms. The Morgan fingerprint density at radius 1 is 1.04 bits per heavy atom. The van der Waals surface area contributed by atoms with Gasteiger partial charge in [-0.1, -0.05) is 47.5 Å². The van der Waals surface area contributed by atoms with Crippen molar-refractivity contribution in [3.8, 4) is 0 Å². The molecular formula is C22H18N2O3. The van der Waals surface area contributed by atoms with E-state index in [-0.39, 0.29) is 0 Å². The molecule has 0 saturated heterocycles. The summed E-state index contributed by atoms with van der Waals surface area (Å²) in [6, 6.07) is 12.2. The smallest absolute Gasteiger partial charge is 0.268 e. The number of hydrogen-bond acceptors (Lipinski definition) is 4. The summed E-state index contributed by atoms with van der Waals surface area (Å²) in [6.07, 6.45) is 2.91. The van der Waals surface area contributed by atoms with Crippen molar-refractivity contribution in [3.63, 3.8) is 0 Å². The van der Waals surface area contributed by atoms with E-state index in [1.54, 1.807) is 50.2 Å². The van der Waals surface area contributed by atoms with Crippen LogP contribution in [-0.4, -0.2) is 28.7 Å². The average molecular weight is 358 g/mol. The summed E-state index contributed by atoms with van der Waals surface area (Å²) in [6.45, 7) is 5.42. The predicted octanol–water partition coefficient (Wildman–Crippen LogP) is 3.41. The van der Waals surface area contributed by atoms with Crippen LogP contribution in [0.1, 0.15) is 51.3 Å². The van der Waals surface area contributed by atoms with Crippen LogP contribution in [0.5, 0.6) is 0 Å². The molecule has 1 amide bonds. The molecule has 0 aromatic heterocycles. The Labute approximate surface area is 157 Å². The topological polar surface area (TPSA) is 66.8 Å². The second-order valence-corrected chi connectivity index (χ2v) is 7.12. The minimum atomic E-state index is -1.79. The quantitative estimate of drug-likeness (QED) is 0.579. The number of carbonyl (C=O) groups is 3. The predicted molar refractivity (Wildman–Crippen MR) is 102 cm³/mol. The van der Waals surface area contributed by atoms with Gasteiger partial charge >= 0.3 is 0 Å². The fourth-order valence-corrected chi connectivity index (χ4v) is 3.76. The van der Waals surface area contributed by atoms with Crippen molar-refractivity contribution in [2.24, 2.45) is 5.10 Å². The number of nitrogens with zero attached hydrogens (tertiary/aromatic N) is 2. The van der Waals surface area contributed by atoms with Crippen molar-refractivity contribution >= 4 is 23.7 Å². The van der Waals surface area contributed by atoms with Gasteiger partial charge in [-0.3, -0.25) is 14.4 Å². The van der Waals surface area contributed by atoms with Gasteiger partial charge in [0.05, 0.1) is 6.21 Å². The number of fused-ring (bicyclic) bond motifs is 3. The highest BCUT2D eigenvalue weighted by Crippen LogP contribution is 2.45. The molecule has 5 nitrogen and oxygen atoms in total. The first-order valence-corrected chi connectivity index (χ1v) is 8.70. The standard InChI is InChI=1S/C22H18N2O3/c1-13(2)10-19(25)24-22(18-7-5-4-6-15(18)12-23-24)20(26)16-9-8-14(3)11-17(16)21(22)27/h4-12H,1-3H3. The van der Waals surface area contributed by atoms with Crippen molar-refractivity contribution in [1.82, 2.24) is 5.01 Å². The van der Waals surface area contributed by atoms with Gasteiger partial charge in [0.15, 0.2) is 0 Å². The van der Waals surface area contributed by atoms with E-state index in [1.165, 1.54) is 12.3 Å². The molecular weight excluding hydrogens is 340 g/mol. The monoisotopic (exact) mass is 358 g/mol.